The molecule has 0 spiro atoms. The highest BCUT2D eigenvalue weighted by molar-refractivity contribution is 5.93. The molecular formula is C18H19N7O. The van der Waals surface area contributed by atoms with Crippen LogP contribution < -0.4 is 5.32 Å². The van der Waals surface area contributed by atoms with E-state index in [1.54, 1.807) is 12.3 Å². The van der Waals surface area contributed by atoms with Gasteiger partial charge < -0.3 is 9.88 Å². The van der Waals surface area contributed by atoms with Crippen molar-refractivity contribution in [1.82, 2.24) is 34.4 Å². The van der Waals surface area contributed by atoms with Crippen LogP contribution in [0.2, 0.25) is 0 Å². The second-order valence-corrected chi connectivity index (χ2v) is 6.10. The van der Waals surface area contributed by atoms with Gasteiger partial charge in [-0.05, 0) is 30.7 Å². The number of imidazole rings is 1. The number of fused-ring (bicyclic) bond motifs is 1. The SMILES string of the molecule is CCC(NC(=O)c1cc(-c2cccn2C)n[nH]1)c1cn2cccnc2n1. The summed E-state index contributed by atoms with van der Waals surface area (Å²) in [6.07, 6.45) is 8.12. The molecule has 0 saturated carbocycles. The third-order valence-electron chi connectivity index (χ3n) is 4.35. The summed E-state index contributed by atoms with van der Waals surface area (Å²) in [6, 6.07) is 7.28. The van der Waals surface area contributed by atoms with Gasteiger partial charge in [-0.3, -0.25) is 14.3 Å². The van der Waals surface area contributed by atoms with Crippen molar-refractivity contribution in [3.05, 3.63) is 60.4 Å². The maximum absolute atomic E-state index is 12.6. The monoisotopic (exact) mass is 349 g/mol. The molecule has 0 bridgehead atoms. The van der Waals surface area contributed by atoms with Crippen LogP contribution in [0.15, 0.2) is 49.1 Å². The van der Waals surface area contributed by atoms with Gasteiger partial charge in [-0.25, -0.2) is 9.97 Å². The van der Waals surface area contributed by atoms with Gasteiger partial charge in [0.05, 0.1) is 17.4 Å². The Kier molecular flexibility index (Phi) is 4.00. The normalized spacial score (nSPS) is 12.4. The number of aromatic amines is 1. The highest BCUT2D eigenvalue weighted by atomic mass is 16.2. The van der Waals surface area contributed by atoms with E-state index < -0.39 is 0 Å². The Bertz CT molecular complexity index is 1030. The number of carbonyl (C=O) groups is 1. The van der Waals surface area contributed by atoms with Gasteiger partial charge in [0.25, 0.3) is 5.91 Å². The molecule has 0 aliphatic carbocycles. The molecule has 4 rings (SSSR count). The van der Waals surface area contributed by atoms with Crippen molar-refractivity contribution >= 4 is 11.7 Å². The van der Waals surface area contributed by atoms with E-state index in [-0.39, 0.29) is 11.9 Å². The minimum Gasteiger partial charge on any atom is -0.349 e. The summed E-state index contributed by atoms with van der Waals surface area (Å²) in [5.74, 6) is 0.401. The Morgan fingerprint density at radius 3 is 2.96 bits per heavy atom. The van der Waals surface area contributed by atoms with Crippen molar-refractivity contribution in [2.45, 2.75) is 19.4 Å². The van der Waals surface area contributed by atoms with Gasteiger partial charge in [0, 0.05) is 31.8 Å². The molecule has 4 aromatic heterocycles. The third-order valence-corrected chi connectivity index (χ3v) is 4.35. The van der Waals surface area contributed by atoms with Crippen molar-refractivity contribution in [2.24, 2.45) is 7.05 Å². The summed E-state index contributed by atoms with van der Waals surface area (Å²) < 4.78 is 3.80. The molecule has 1 amide bonds. The van der Waals surface area contributed by atoms with Gasteiger partial charge in [0.1, 0.15) is 11.4 Å². The van der Waals surface area contributed by atoms with Crippen LogP contribution in [-0.4, -0.2) is 35.0 Å². The summed E-state index contributed by atoms with van der Waals surface area (Å²) in [7, 11) is 1.94. The van der Waals surface area contributed by atoms with Crippen molar-refractivity contribution in [1.29, 1.82) is 0 Å². The first-order chi connectivity index (χ1) is 12.7. The highest BCUT2D eigenvalue weighted by Crippen LogP contribution is 2.19. The lowest BCUT2D eigenvalue weighted by Crippen LogP contribution is -2.28. The number of hydrogen-bond acceptors (Lipinski definition) is 4. The molecule has 8 nitrogen and oxygen atoms in total. The van der Waals surface area contributed by atoms with Crippen molar-refractivity contribution < 1.29 is 4.79 Å². The van der Waals surface area contributed by atoms with Crippen LogP contribution in [-0.2, 0) is 7.05 Å². The van der Waals surface area contributed by atoms with Gasteiger partial charge in [-0.15, -0.1) is 0 Å². The zero-order valence-corrected chi connectivity index (χ0v) is 14.5. The minimum absolute atomic E-state index is 0.203. The van der Waals surface area contributed by atoms with Gasteiger partial charge >= 0.3 is 0 Å². The number of nitrogens with zero attached hydrogens (tertiary/aromatic N) is 5. The number of nitrogens with one attached hydrogen (secondary N) is 2. The molecule has 0 fully saturated rings. The van der Waals surface area contributed by atoms with Crippen LogP contribution in [0.4, 0.5) is 0 Å². The molecule has 0 radical (unpaired) electrons. The first-order valence-corrected chi connectivity index (χ1v) is 8.43. The number of rotatable bonds is 5. The average molecular weight is 349 g/mol. The Morgan fingerprint density at radius 1 is 1.35 bits per heavy atom. The third kappa shape index (κ3) is 2.85. The lowest BCUT2D eigenvalue weighted by atomic mass is 10.1. The van der Waals surface area contributed by atoms with Crippen molar-refractivity contribution in [3.8, 4) is 11.4 Å². The van der Waals surface area contributed by atoms with E-state index >= 15 is 0 Å². The smallest absolute Gasteiger partial charge is 0.269 e. The molecule has 0 aliphatic heterocycles. The fraction of sp³-hybridized carbons (Fsp3) is 0.222. The fourth-order valence-corrected chi connectivity index (χ4v) is 2.93. The standard InChI is InChI=1S/C18H19N7O/c1-3-12(15-11-25-9-5-7-19-18(25)21-15)20-17(26)14-10-13(22-23-14)16-6-4-8-24(16)2/h4-12H,3H2,1-2H3,(H,20,26)(H,22,23). The van der Waals surface area contributed by atoms with Crippen LogP contribution >= 0.6 is 0 Å². The van der Waals surface area contributed by atoms with E-state index in [0.717, 1.165) is 17.1 Å². The van der Waals surface area contributed by atoms with Crippen LogP contribution in [0.5, 0.6) is 0 Å². The van der Waals surface area contributed by atoms with E-state index in [4.69, 9.17) is 0 Å². The Hall–Kier alpha value is -3.42. The van der Waals surface area contributed by atoms with Crippen LogP contribution in [0.3, 0.4) is 0 Å². The second-order valence-electron chi connectivity index (χ2n) is 6.10. The number of hydrogen-bond donors (Lipinski definition) is 2. The Balaban J connectivity index is 1.54. The van der Waals surface area contributed by atoms with Gasteiger partial charge in [0.2, 0.25) is 5.78 Å². The molecule has 0 aromatic carbocycles. The summed E-state index contributed by atoms with van der Waals surface area (Å²) >= 11 is 0. The van der Waals surface area contributed by atoms with Crippen LogP contribution in [0.25, 0.3) is 17.2 Å². The first-order valence-electron chi connectivity index (χ1n) is 8.43. The Morgan fingerprint density at radius 2 is 2.23 bits per heavy atom. The van der Waals surface area contributed by atoms with E-state index in [1.165, 1.54) is 0 Å². The molecule has 8 heteroatoms. The molecule has 1 atom stereocenters. The van der Waals surface area contributed by atoms with Crippen LogP contribution in [0.1, 0.15) is 35.6 Å². The molecule has 4 aromatic rings. The first kappa shape index (κ1) is 16.1. The average Bonchev–Trinajstić information content (AvgIpc) is 3.37. The lowest BCUT2D eigenvalue weighted by molar-refractivity contribution is 0.0929. The highest BCUT2D eigenvalue weighted by Gasteiger charge is 2.19. The Labute approximate surface area is 149 Å². The second kappa shape index (κ2) is 6.47. The summed E-state index contributed by atoms with van der Waals surface area (Å²) in [4.78, 5) is 21.3. The van der Waals surface area contributed by atoms with E-state index in [2.05, 4.69) is 25.5 Å². The van der Waals surface area contributed by atoms with E-state index in [0.29, 0.717) is 17.9 Å². The van der Waals surface area contributed by atoms with Gasteiger partial charge in [-0.1, -0.05) is 6.92 Å². The van der Waals surface area contributed by atoms with Crippen molar-refractivity contribution in [3.63, 3.8) is 0 Å². The largest absolute Gasteiger partial charge is 0.349 e. The summed E-state index contributed by atoms with van der Waals surface area (Å²) in [5.41, 5.74) is 2.87. The predicted molar refractivity (Wildman–Crippen MR) is 96.5 cm³/mol. The molecule has 4 heterocycles. The lowest BCUT2D eigenvalue weighted by Gasteiger charge is -2.13. The van der Waals surface area contributed by atoms with Crippen LogP contribution in [0, 0.1) is 0 Å². The topological polar surface area (TPSA) is 92.9 Å². The molecule has 1 unspecified atom stereocenters. The summed E-state index contributed by atoms with van der Waals surface area (Å²) in [5, 5.41) is 10.1. The molecule has 2 N–H and O–H groups in total. The van der Waals surface area contributed by atoms with Crippen molar-refractivity contribution in [2.75, 3.05) is 0 Å². The maximum Gasteiger partial charge on any atom is 0.269 e. The molecule has 132 valence electrons. The van der Waals surface area contributed by atoms with E-state index in [1.807, 2.05) is 59.7 Å². The van der Waals surface area contributed by atoms with Gasteiger partial charge in [0.15, 0.2) is 0 Å². The summed E-state index contributed by atoms with van der Waals surface area (Å²) in [6.45, 7) is 2.00. The zero-order chi connectivity index (χ0) is 18.1. The number of aryl methyl sites for hydroxylation is 1. The molecular weight excluding hydrogens is 330 g/mol. The predicted octanol–water partition coefficient (Wildman–Crippen LogP) is 2.34. The fourth-order valence-electron chi connectivity index (χ4n) is 2.93. The number of amides is 1. The number of aromatic nitrogens is 6. The molecule has 0 saturated heterocycles. The van der Waals surface area contributed by atoms with E-state index in [9.17, 15) is 4.79 Å². The zero-order valence-electron chi connectivity index (χ0n) is 14.5. The molecule has 0 aliphatic rings. The molecule has 26 heavy (non-hydrogen) atoms. The van der Waals surface area contributed by atoms with Gasteiger partial charge in [-0.2, -0.15) is 5.10 Å². The number of H-pyrrole nitrogens is 1. The quantitative estimate of drug-likeness (QED) is 0.578. The maximum atomic E-state index is 12.6. The minimum atomic E-state index is -0.213. The number of carbonyl (C=O) groups excluding carboxylic acids is 1.